The smallest absolute Gasteiger partial charge is 0.123 e. The highest BCUT2D eigenvalue weighted by molar-refractivity contribution is 6.11. The Morgan fingerprint density at radius 1 is 0.333 bits per heavy atom. The second kappa shape index (κ2) is 13.0. The van der Waals surface area contributed by atoms with Gasteiger partial charge in [0.25, 0.3) is 0 Å². The molecule has 0 spiro atoms. The van der Waals surface area contributed by atoms with E-state index in [1.54, 1.807) is 0 Å². The Bertz CT molecular complexity index is 2590. The standard InChI is InChI=1S/C48H33FN2/c49-40-22-28-44(29-23-40)50(42-24-16-36(17-25-42)34-10-4-1-5-11-34)43-26-18-37(19-27-43)38-21-31-47-46(32-38)45-30-20-39(35-12-6-2-7-13-35)33-48(45)51(47)41-14-8-3-9-15-41/h1-33H. The molecule has 0 unspecified atom stereocenters. The van der Waals surface area contributed by atoms with Crippen molar-refractivity contribution in [1.82, 2.24) is 4.57 Å². The molecule has 1 heterocycles. The molecule has 0 radical (unpaired) electrons. The monoisotopic (exact) mass is 656 g/mol. The third kappa shape index (κ3) is 5.75. The summed E-state index contributed by atoms with van der Waals surface area (Å²) in [6, 6.07) is 68.9. The summed E-state index contributed by atoms with van der Waals surface area (Å²) in [5, 5.41) is 2.43. The number of benzene rings is 8. The lowest BCUT2D eigenvalue weighted by Crippen LogP contribution is -2.09. The summed E-state index contributed by atoms with van der Waals surface area (Å²) >= 11 is 0. The van der Waals surface area contributed by atoms with Crippen LogP contribution in [0.25, 0.3) is 60.9 Å². The average Bonchev–Trinajstić information content (AvgIpc) is 3.53. The topological polar surface area (TPSA) is 8.17 Å². The van der Waals surface area contributed by atoms with E-state index in [1.807, 2.05) is 18.2 Å². The third-order valence-corrected chi connectivity index (χ3v) is 9.66. The Morgan fingerprint density at radius 3 is 1.35 bits per heavy atom. The predicted molar refractivity (Wildman–Crippen MR) is 212 cm³/mol. The first-order valence-corrected chi connectivity index (χ1v) is 17.2. The minimum absolute atomic E-state index is 0.256. The highest BCUT2D eigenvalue weighted by Crippen LogP contribution is 2.39. The van der Waals surface area contributed by atoms with Gasteiger partial charge in [0.15, 0.2) is 0 Å². The van der Waals surface area contributed by atoms with E-state index in [0.29, 0.717) is 0 Å². The second-order valence-corrected chi connectivity index (χ2v) is 12.8. The summed E-state index contributed by atoms with van der Waals surface area (Å²) in [7, 11) is 0. The minimum Gasteiger partial charge on any atom is -0.311 e. The van der Waals surface area contributed by atoms with Crippen LogP contribution in [0.3, 0.4) is 0 Å². The molecule has 8 aromatic carbocycles. The van der Waals surface area contributed by atoms with Crippen molar-refractivity contribution < 1.29 is 4.39 Å². The molecule has 3 heteroatoms. The number of hydrogen-bond donors (Lipinski definition) is 0. The average molecular weight is 657 g/mol. The predicted octanol–water partition coefficient (Wildman–Crippen LogP) is 13.4. The fourth-order valence-electron chi connectivity index (χ4n) is 7.14. The van der Waals surface area contributed by atoms with E-state index < -0.39 is 0 Å². The van der Waals surface area contributed by atoms with Crippen LogP contribution in [0, 0.1) is 5.82 Å². The van der Waals surface area contributed by atoms with Gasteiger partial charge in [-0.05, 0) is 112 Å². The summed E-state index contributed by atoms with van der Waals surface area (Å²) in [6.45, 7) is 0. The van der Waals surface area contributed by atoms with Crippen LogP contribution in [0.2, 0.25) is 0 Å². The molecule has 0 saturated carbocycles. The Morgan fingerprint density at radius 2 is 0.765 bits per heavy atom. The maximum atomic E-state index is 14.0. The summed E-state index contributed by atoms with van der Waals surface area (Å²) < 4.78 is 16.4. The van der Waals surface area contributed by atoms with Gasteiger partial charge in [0.2, 0.25) is 0 Å². The number of fused-ring (bicyclic) bond motifs is 3. The molecule has 51 heavy (non-hydrogen) atoms. The molecule has 0 fully saturated rings. The van der Waals surface area contributed by atoms with E-state index in [0.717, 1.165) is 39.4 Å². The van der Waals surface area contributed by atoms with Gasteiger partial charge in [0.05, 0.1) is 11.0 Å². The molecule has 0 amide bonds. The van der Waals surface area contributed by atoms with Gasteiger partial charge in [-0.3, -0.25) is 0 Å². The van der Waals surface area contributed by atoms with Crippen LogP contribution >= 0.6 is 0 Å². The lowest BCUT2D eigenvalue weighted by atomic mass is 10.0. The zero-order chi connectivity index (χ0) is 34.1. The van der Waals surface area contributed by atoms with Gasteiger partial charge < -0.3 is 9.47 Å². The van der Waals surface area contributed by atoms with Crippen molar-refractivity contribution in [1.29, 1.82) is 0 Å². The molecule has 2 nitrogen and oxygen atoms in total. The van der Waals surface area contributed by atoms with Crippen LogP contribution in [0.5, 0.6) is 0 Å². The number of aromatic nitrogens is 1. The van der Waals surface area contributed by atoms with E-state index in [9.17, 15) is 4.39 Å². The van der Waals surface area contributed by atoms with Crippen molar-refractivity contribution in [3.8, 4) is 39.1 Å². The van der Waals surface area contributed by atoms with Crippen molar-refractivity contribution in [2.24, 2.45) is 0 Å². The molecule has 0 aliphatic rings. The van der Waals surface area contributed by atoms with Gasteiger partial charge in [0, 0.05) is 33.5 Å². The normalized spacial score (nSPS) is 11.2. The third-order valence-electron chi connectivity index (χ3n) is 9.66. The molecule has 0 aliphatic heterocycles. The Hall–Kier alpha value is -6.71. The molecule has 1 aromatic heterocycles. The van der Waals surface area contributed by atoms with E-state index in [-0.39, 0.29) is 5.82 Å². The summed E-state index contributed by atoms with van der Waals surface area (Å²) in [5.41, 5.74) is 13.4. The molecule has 0 bridgehead atoms. The highest BCUT2D eigenvalue weighted by Gasteiger charge is 2.16. The first-order valence-electron chi connectivity index (χ1n) is 17.2. The van der Waals surface area contributed by atoms with E-state index in [4.69, 9.17) is 0 Å². The van der Waals surface area contributed by atoms with Crippen LogP contribution in [-0.2, 0) is 0 Å². The highest BCUT2D eigenvalue weighted by atomic mass is 19.1. The molecule has 0 saturated heterocycles. The van der Waals surface area contributed by atoms with Gasteiger partial charge in [0.1, 0.15) is 5.82 Å². The van der Waals surface area contributed by atoms with Crippen LogP contribution in [0.4, 0.5) is 21.5 Å². The van der Waals surface area contributed by atoms with Crippen LogP contribution < -0.4 is 4.90 Å². The second-order valence-electron chi connectivity index (χ2n) is 12.8. The molecule has 9 aromatic rings. The molecule has 9 rings (SSSR count). The minimum atomic E-state index is -0.256. The van der Waals surface area contributed by atoms with Gasteiger partial charge in [-0.1, -0.05) is 121 Å². The number of para-hydroxylation sites is 1. The fourth-order valence-corrected chi connectivity index (χ4v) is 7.14. The van der Waals surface area contributed by atoms with Gasteiger partial charge in [-0.2, -0.15) is 0 Å². The molecular formula is C48H33FN2. The van der Waals surface area contributed by atoms with E-state index >= 15 is 0 Å². The van der Waals surface area contributed by atoms with Crippen molar-refractivity contribution >= 4 is 38.9 Å². The molecule has 0 aliphatic carbocycles. The molecule has 0 N–H and O–H groups in total. The van der Waals surface area contributed by atoms with Crippen LogP contribution in [0.1, 0.15) is 0 Å². The number of anilines is 3. The van der Waals surface area contributed by atoms with Gasteiger partial charge in [-0.25, -0.2) is 4.39 Å². The Labute approximate surface area is 296 Å². The van der Waals surface area contributed by atoms with Crippen LogP contribution in [-0.4, -0.2) is 4.57 Å². The largest absolute Gasteiger partial charge is 0.311 e. The molecular weight excluding hydrogens is 624 g/mol. The molecule has 242 valence electrons. The summed E-state index contributed by atoms with van der Waals surface area (Å²) in [5.74, 6) is -0.256. The fraction of sp³-hybridized carbons (Fsp3) is 0. The van der Waals surface area contributed by atoms with Gasteiger partial charge >= 0.3 is 0 Å². The number of hydrogen-bond acceptors (Lipinski definition) is 1. The van der Waals surface area contributed by atoms with Crippen molar-refractivity contribution in [3.63, 3.8) is 0 Å². The van der Waals surface area contributed by atoms with Crippen molar-refractivity contribution in [2.45, 2.75) is 0 Å². The van der Waals surface area contributed by atoms with Crippen LogP contribution in [0.15, 0.2) is 200 Å². The van der Waals surface area contributed by atoms with Crippen molar-refractivity contribution in [3.05, 3.63) is 206 Å². The number of nitrogens with zero attached hydrogens (tertiary/aromatic N) is 2. The van der Waals surface area contributed by atoms with E-state index in [2.05, 4.69) is 179 Å². The maximum absolute atomic E-state index is 14.0. The summed E-state index contributed by atoms with van der Waals surface area (Å²) in [6.07, 6.45) is 0. The van der Waals surface area contributed by atoms with Crippen molar-refractivity contribution in [2.75, 3.05) is 4.90 Å². The van der Waals surface area contributed by atoms with Gasteiger partial charge in [-0.15, -0.1) is 0 Å². The quantitative estimate of drug-likeness (QED) is 0.166. The first kappa shape index (κ1) is 30.4. The number of rotatable bonds is 7. The lowest BCUT2D eigenvalue weighted by molar-refractivity contribution is 0.628. The zero-order valence-corrected chi connectivity index (χ0v) is 27.8. The zero-order valence-electron chi connectivity index (χ0n) is 27.8. The summed E-state index contributed by atoms with van der Waals surface area (Å²) in [4.78, 5) is 2.17. The lowest BCUT2D eigenvalue weighted by Gasteiger charge is -2.26. The molecule has 0 atom stereocenters. The Balaban J connectivity index is 1.12. The first-order chi connectivity index (χ1) is 25.2. The SMILES string of the molecule is Fc1ccc(N(c2ccc(-c3ccccc3)cc2)c2ccc(-c3ccc4c(c3)c3ccc(-c5ccccc5)cc3n4-c3ccccc3)cc2)cc1. The number of halogens is 1. The van der Waals surface area contributed by atoms with E-state index in [1.165, 1.54) is 50.6 Å². The maximum Gasteiger partial charge on any atom is 0.123 e. The Kier molecular flexibility index (Phi) is 7.71.